The minimum Gasteiger partial charge on any atom is -0.506 e. The molecule has 1 unspecified atom stereocenters. The van der Waals surface area contributed by atoms with Crippen LogP contribution in [-0.2, 0) is 14.8 Å². The largest absolute Gasteiger partial charge is 0.506 e. The van der Waals surface area contributed by atoms with Gasteiger partial charge in [0.2, 0.25) is 15.9 Å². The predicted octanol–water partition coefficient (Wildman–Crippen LogP) is -0.342. The molecule has 100 valence electrons. The number of benzene rings is 1. The number of sulfonamides is 1. The average molecular weight is 281 g/mol. The highest BCUT2D eigenvalue weighted by Crippen LogP contribution is 2.32. The quantitative estimate of drug-likeness (QED) is 0.767. The van der Waals surface area contributed by atoms with Crippen LogP contribution in [0.3, 0.4) is 0 Å². The molecule has 0 radical (unpaired) electrons. The molecule has 1 aromatic rings. The van der Waals surface area contributed by atoms with Crippen LogP contribution in [0.4, 0.5) is 5.69 Å². The van der Waals surface area contributed by atoms with Crippen molar-refractivity contribution in [2.45, 2.75) is 11.7 Å². The third-order valence-corrected chi connectivity index (χ3v) is 4.19. The lowest BCUT2D eigenvalue weighted by molar-refractivity contribution is -0.117. The van der Waals surface area contributed by atoms with Gasteiger partial charge in [-0.1, -0.05) is 0 Å². The smallest absolute Gasteiger partial charge is 0.228 e. The van der Waals surface area contributed by atoms with Gasteiger partial charge in [-0.05, 0) is 18.2 Å². The van der Waals surface area contributed by atoms with E-state index in [1.165, 1.54) is 18.2 Å². The number of hydrogen-bond donors (Lipinski definition) is 2. The molecule has 1 amide bonds. The first-order valence-electron chi connectivity index (χ1n) is 5.38. The van der Waals surface area contributed by atoms with Gasteiger partial charge in [0.15, 0.2) is 0 Å². The van der Waals surface area contributed by atoms with Crippen molar-refractivity contribution in [2.75, 3.05) is 11.4 Å². The summed E-state index contributed by atoms with van der Waals surface area (Å²) in [5, 5.41) is 22.5. The number of nitriles is 1. The fourth-order valence-corrected chi connectivity index (χ4v) is 2.67. The summed E-state index contributed by atoms with van der Waals surface area (Å²) in [5.41, 5.74) is 0.384. The Hall–Kier alpha value is -2.11. The summed E-state index contributed by atoms with van der Waals surface area (Å²) in [6.45, 7) is -0.125. The molecular formula is C11H11N3O4S. The van der Waals surface area contributed by atoms with E-state index in [1.807, 2.05) is 6.07 Å². The van der Waals surface area contributed by atoms with Gasteiger partial charge in [-0.25, -0.2) is 13.6 Å². The first kappa shape index (κ1) is 13.3. The molecule has 1 fully saturated rings. The van der Waals surface area contributed by atoms with Crippen molar-refractivity contribution in [3.63, 3.8) is 0 Å². The molecule has 0 saturated carbocycles. The number of hydrogen-bond acceptors (Lipinski definition) is 5. The molecule has 1 saturated heterocycles. The second-order valence-corrected chi connectivity index (χ2v) is 6.08. The topological polar surface area (TPSA) is 124 Å². The Morgan fingerprint density at radius 1 is 1.47 bits per heavy atom. The minimum atomic E-state index is -3.81. The number of aromatic hydroxyl groups is 1. The summed E-state index contributed by atoms with van der Waals surface area (Å²) in [6.07, 6.45) is -0.227. The molecule has 1 aliphatic heterocycles. The number of carbonyl (C=O) groups is 1. The lowest BCUT2D eigenvalue weighted by Gasteiger charge is -2.17. The van der Waals surface area contributed by atoms with Gasteiger partial charge >= 0.3 is 0 Å². The minimum absolute atomic E-state index is 0.121. The summed E-state index contributed by atoms with van der Waals surface area (Å²) in [5.74, 6) is -0.646. The zero-order valence-corrected chi connectivity index (χ0v) is 10.6. The summed E-state index contributed by atoms with van der Waals surface area (Å²) >= 11 is 0. The van der Waals surface area contributed by atoms with Gasteiger partial charge in [0.25, 0.3) is 0 Å². The van der Waals surface area contributed by atoms with Crippen LogP contribution in [0.15, 0.2) is 18.2 Å². The van der Waals surface area contributed by atoms with Gasteiger partial charge in [-0.2, -0.15) is 5.26 Å². The third kappa shape index (κ3) is 2.52. The van der Waals surface area contributed by atoms with E-state index >= 15 is 0 Å². The van der Waals surface area contributed by atoms with Crippen molar-refractivity contribution in [3.05, 3.63) is 23.8 Å². The molecule has 1 atom stereocenters. The molecule has 2 rings (SSSR count). The van der Waals surface area contributed by atoms with Crippen LogP contribution >= 0.6 is 0 Å². The Kier molecular flexibility index (Phi) is 3.18. The van der Waals surface area contributed by atoms with Crippen molar-refractivity contribution in [1.29, 1.82) is 5.26 Å². The lowest BCUT2D eigenvalue weighted by atomic mass is 10.2. The van der Waals surface area contributed by atoms with Crippen LogP contribution in [0, 0.1) is 11.3 Å². The number of primary sulfonamides is 1. The predicted molar refractivity (Wildman–Crippen MR) is 66.7 cm³/mol. The van der Waals surface area contributed by atoms with E-state index in [-0.39, 0.29) is 30.0 Å². The van der Waals surface area contributed by atoms with Crippen LogP contribution in [0.2, 0.25) is 0 Å². The number of anilines is 1. The van der Waals surface area contributed by atoms with E-state index < -0.39 is 21.2 Å². The number of nitrogens with zero attached hydrogens (tertiary/aromatic N) is 2. The van der Waals surface area contributed by atoms with E-state index in [1.54, 1.807) is 0 Å². The Morgan fingerprint density at radius 2 is 2.16 bits per heavy atom. The number of phenolic OH excluding ortho intramolecular Hbond substituents is 1. The molecule has 0 spiro atoms. The zero-order valence-electron chi connectivity index (χ0n) is 9.78. The van der Waals surface area contributed by atoms with Gasteiger partial charge in [-0.3, -0.25) is 4.79 Å². The van der Waals surface area contributed by atoms with E-state index in [0.717, 1.165) is 4.90 Å². The molecule has 0 aliphatic carbocycles. The highest BCUT2D eigenvalue weighted by atomic mass is 32.2. The summed E-state index contributed by atoms with van der Waals surface area (Å²) in [6, 6.07) is 5.90. The van der Waals surface area contributed by atoms with Crippen molar-refractivity contribution in [1.82, 2.24) is 0 Å². The fourth-order valence-electron chi connectivity index (χ4n) is 1.94. The van der Waals surface area contributed by atoms with Gasteiger partial charge in [0.1, 0.15) is 11.0 Å². The second kappa shape index (κ2) is 4.53. The van der Waals surface area contributed by atoms with E-state index in [2.05, 4.69) is 0 Å². The number of rotatable bonds is 2. The van der Waals surface area contributed by atoms with E-state index in [0.29, 0.717) is 0 Å². The van der Waals surface area contributed by atoms with Crippen LogP contribution in [0.1, 0.15) is 12.0 Å². The van der Waals surface area contributed by atoms with Crippen molar-refractivity contribution in [3.8, 4) is 11.8 Å². The summed E-state index contributed by atoms with van der Waals surface area (Å²) in [4.78, 5) is 12.9. The van der Waals surface area contributed by atoms with Crippen LogP contribution < -0.4 is 10.0 Å². The van der Waals surface area contributed by atoms with Crippen molar-refractivity contribution >= 4 is 21.6 Å². The maximum absolute atomic E-state index is 11.8. The van der Waals surface area contributed by atoms with Crippen LogP contribution in [0.25, 0.3) is 0 Å². The SMILES string of the molecule is N#Cc1ccc(O)c(N2CC(S(N)(=O)=O)CC2=O)c1. The Bertz CT molecular complexity index is 678. The molecule has 0 aromatic heterocycles. The van der Waals surface area contributed by atoms with Crippen LogP contribution in [-0.4, -0.2) is 31.2 Å². The number of carbonyl (C=O) groups excluding carboxylic acids is 1. The lowest BCUT2D eigenvalue weighted by Crippen LogP contribution is -2.32. The maximum atomic E-state index is 11.8. The normalized spacial score (nSPS) is 19.5. The zero-order chi connectivity index (χ0) is 14.2. The molecule has 7 nitrogen and oxygen atoms in total. The first-order chi connectivity index (χ1) is 8.82. The molecule has 1 heterocycles. The molecule has 0 bridgehead atoms. The summed E-state index contributed by atoms with van der Waals surface area (Å²) in [7, 11) is -3.81. The summed E-state index contributed by atoms with van der Waals surface area (Å²) < 4.78 is 22.5. The maximum Gasteiger partial charge on any atom is 0.228 e. The van der Waals surface area contributed by atoms with Crippen LogP contribution in [0.5, 0.6) is 5.75 Å². The van der Waals surface area contributed by atoms with Crippen molar-refractivity contribution < 1.29 is 18.3 Å². The highest BCUT2D eigenvalue weighted by molar-refractivity contribution is 7.89. The standard InChI is InChI=1S/C11H11N3O4S/c12-5-7-1-2-10(15)9(3-7)14-6-8(4-11(14)16)19(13,17)18/h1-3,8,15H,4,6H2,(H2,13,17,18). The molecule has 19 heavy (non-hydrogen) atoms. The van der Waals surface area contributed by atoms with Gasteiger partial charge in [0.05, 0.1) is 17.3 Å². The van der Waals surface area contributed by atoms with Crippen molar-refractivity contribution in [2.24, 2.45) is 5.14 Å². The average Bonchev–Trinajstić information content (AvgIpc) is 2.72. The van der Waals surface area contributed by atoms with Gasteiger partial charge < -0.3 is 10.0 Å². The third-order valence-electron chi connectivity index (χ3n) is 2.95. The van der Waals surface area contributed by atoms with Gasteiger partial charge in [0, 0.05) is 13.0 Å². The fraction of sp³-hybridized carbons (Fsp3) is 0.273. The molecule has 1 aliphatic rings. The Morgan fingerprint density at radius 3 is 2.68 bits per heavy atom. The molecule has 1 aromatic carbocycles. The number of amides is 1. The Labute approximate surface area is 109 Å². The number of nitrogens with two attached hydrogens (primary N) is 1. The van der Waals surface area contributed by atoms with Gasteiger partial charge in [-0.15, -0.1) is 0 Å². The molecular weight excluding hydrogens is 270 g/mol. The Balaban J connectivity index is 2.39. The number of phenols is 1. The monoisotopic (exact) mass is 281 g/mol. The highest BCUT2D eigenvalue weighted by Gasteiger charge is 2.38. The molecule has 3 N–H and O–H groups in total. The second-order valence-electron chi connectivity index (χ2n) is 4.23. The molecule has 8 heteroatoms. The van der Waals surface area contributed by atoms with E-state index in [9.17, 15) is 18.3 Å². The first-order valence-corrected chi connectivity index (χ1v) is 6.99. The van der Waals surface area contributed by atoms with E-state index in [4.69, 9.17) is 10.4 Å².